The summed E-state index contributed by atoms with van der Waals surface area (Å²) in [5.74, 6) is -0.433. The third-order valence-corrected chi connectivity index (χ3v) is 5.67. The SMILES string of the molecule is C=Cc1c(C2CC2)sc2c1[C@](O)(C(=O)OC)C[C@@H](O)[C@@H]2O. The topological polar surface area (TPSA) is 87.0 Å². The van der Waals surface area contributed by atoms with Crippen molar-refractivity contribution >= 4 is 23.4 Å². The van der Waals surface area contributed by atoms with Gasteiger partial charge in [0.2, 0.25) is 0 Å². The molecule has 0 aromatic carbocycles. The summed E-state index contributed by atoms with van der Waals surface area (Å²) in [5, 5.41) is 31.0. The summed E-state index contributed by atoms with van der Waals surface area (Å²) in [6.07, 6.45) is 1.13. The molecule has 0 aliphatic heterocycles. The molecule has 3 atom stereocenters. The van der Waals surface area contributed by atoms with E-state index in [4.69, 9.17) is 4.74 Å². The van der Waals surface area contributed by atoms with Crippen LogP contribution in [0.2, 0.25) is 0 Å². The van der Waals surface area contributed by atoms with Gasteiger partial charge in [0.15, 0.2) is 5.60 Å². The minimum Gasteiger partial charge on any atom is -0.467 e. The molecule has 0 unspecified atom stereocenters. The van der Waals surface area contributed by atoms with Crippen molar-refractivity contribution in [2.75, 3.05) is 7.11 Å². The van der Waals surface area contributed by atoms with Crippen molar-refractivity contribution in [1.82, 2.24) is 0 Å². The van der Waals surface area contributed by atoms with E-state index in [0.717, 1.165) is 17.7 Å². The first-order chi connectivity index (χ1) is 9.93. The molecular weight excluding hydrogens is 292 g/mol. The van der Waals surface area contributed by atoms with Crippen LogP contribution in [0.5, 0.6) is 0 Å². The highest BCUT2D eigenvalue weighted by Gasteiger charge is 2.52. The molecule has 2 aliphatic carbocycles. The first-order valence-electron chi connectivity index (χ1n) is 6.90. The Hall–Kier alpha value is -1.21. The van der Waals surface area contributed by atoms with Gasteiger partial charge in [-0.05, 0) is 24.3 Å². The van der Waals surface area contributed by atoms with Crippen LogP contribution in [0.1, 0.15) is 52.2 Å². The zero-order valence-corrected chi connectivity index (χ0v) is 12.5. The Morgan fingerprint density at radius 3 is 2.62 bits per heavy atom. The van der Waals surface area contributed by atoms with Crippen LogP contribution in [0.4, 0.5) is 0 Å². The van der Waals surface area contributed by atoms with E-state index in [1.54, 1.807) is 6.08 Å². The maximum absolute atomic E-state index is 12.1. The van der Waals surface area contributed by atoms with Crippen molar-refractivity contribution in [2.24, 2.45) is 0 Å². The van der Waals surface area contributed by atoms with Crippen molar-refractivity contribution in [1.29, 1.82) is 0 Å². The molecule has 3 N–H and O–H groups in total. The Bertz CT molecular complexity index is 603. The Labute approximate surface area is 126 Å². The van der Waals surface area contributed by atoms with Crippen LogP contribution in [0.25, 0.3) is 6.08 Å². The lowest BCUT2D eigenvalue weighted by atomic mass is 9.78. The van der Waals surface area contributed by atoms with Crippen molar-refractivity contribution in [3.63, 3.8) is 0 Å². The number of carbonyl (C=O) groups is 1. The van der Waals surface area contributed by atoms with Crippen LogP contribution in [0.15, 0.2) is 6.58 Å². The number of rotatable bonds is 3. The molecule has 1 aromatic heterocycles. The minimum absolute atomic E-state index is 0.282. The zero-order chi connectivity index (χ0) is 15.4. The number of hydrogen-bond acceptors (Lipinski definition) is 6. The van der Waals surface area contributed by atoms with E-state index in [2.05, 4.69) is 6.58 Å². The van der Waals surface area contributed by atoms with Gasteiger partial charge in [-0.2, -0.15) is 0 Å². The fourth-order valence-corrected chi connectivity index (χ4v) is 4.61. The second kappa shape index (κ2) is 4.91. The molecular formula is C15H18O5S. The molecule has 0 saturated heterocycles. The lowest BCUT2D eigenvalue weighted by Gasteiger charge is -2.35. The average Bonchev–Trinajstić information content (AvgIpc) is 3.23. The highest BCUT2D eigenvalue weighted by molar-refractivity contribution is 7.12. The largest absolute Gasteiger partial charge is 0.467 e. The maximum Gasteiger partial charge on any atom is 0.342 e. The number of carbonyl (C=O) groups excluding carboxylic acids is 1. The number of fused-ring (bicyclic) bond motifs is 1. The molecule has 0 amide bonds. The molecule has 6 heteroatoms. The molecule has 1 aromatic rings. The van der Waals surface area contributed by atoms with Gasteiger partial charge in [-0.1, -0.05) is 12.7 Å². The second-order valence-electron chi connectivity index (χ2n) is 5.67. The highest BCUT2D eigenvalue weighted by atomic mass is 32.1. The van der Waals surface area contributed by atoms with Gasteiger partial charge in [-0.15, -0.1) is 11.3 Å². The number of ether oxygens (including phenoxy) is 1. The van der Waals surface area contributed by atoms with Crippen LogP contribution < -0.4 is 0 Å². The van der Waals surface area contributed by atoms with Crippen LogP contribution >= 0.6 is 11.3 Å². The summed E-state index contributed by atoms with van der Waals surface area (Å²) in [6, 6.07) is 0. The fourth-order valence-electron chi connectivity index (χ4n) is 3.01. The number of aliphatic hydroxyl groups is 3. The first kappa shape index (κ1) is 14.7. The number of esters is 1. The predicted molar refractivity (Wildman–Crippen MR) is 77.9 cm³/mol. The minimum atomic E-state index is -1.93. The van der Waals surface area contributed by atoms with Gasteiger partial charge in [-0.3, -0.25) is 0 Å². The smallest absolute Gasteiger partial charge is 0.342 e. The summed E-state index contributed by atoms with van der Waals surface area (Å²) in [6.45, 7) is 3.78. The van der Waals surface area contributed by atoms with Crippen LogP contribution in [-0.4, -0.2) is 34.5 Å². The van der Waals surface area contributed by atoms with Gasteiger partial charge in [0.05, 0.1) is 13.2 Å². The third-order valence-electron chi connectivity index (χ3n) is 4.23. The highest BCUT2D eigenvalue weighted by Crippen LogP contribution is 2.54. The number of methoxy groups -OCH3 is 1. The quantitative estimate of drug-likeness (QED) is 0.735. The second-order valence-corrected chi connectivity index (χ2v) is 6.75. The molecule has 0 bridgehead atoms. The maximum atomic E-state index is 12.1. The molecule has 114 valence electrons. The number of thiophene rings is 1. The summed E-state index contributed by atoms with van der Waals surface area (Å²) in [7, 11) is 1.19. The Kier molecular flexibility index (Phi) is 3.44. The summed E-state index contributed by atoms with van der Waals surface area (Å²) < 4.78 is 4.71. The van der Waals surface area contributed by atoms with Gasteiger partial charge in [0.25, 0.3) is 0 Å². The summed E-state index contributed by atoms with van der Waals surface area (Å²) in [5.41, 5.74) is -0.874. The predicted octanol–water partition coefficient (Wildman–Crippen LogP) is 1.43. The van der Waals surface area contributed by atoms with Gasteiger partial charge >= 0.3 is 5.97 Å². The average molecular weight is 310 g/mol. The van der Waals surface area contributed by atoms with Crippen molar-refractivity contribution in [3.8, 4) is 0 Å². The van der Waals surface area contributed by atoms with Gasteiger partial charge in [-0.25, -0.2) is 4.79 Å². The number of aliphatic hydroxyl groups excluding tert-OH is 2. The molecule has 1 heterocycles. The van der Waals surface area contributed by atoms with E-state index in [-0.39, 0.29) is 6.42 Å². The van der Waals surface area contributed by atoms with E-state index >= 15 is 0 Å². The van der Waals surface area contributed by atoms with Crippen molar-refractivity contribution < 1.29 is 24.9 Å². The van der Waals surface area contributed by atoms with E-state index < -0.39 is 23.8 Å². The van der Waals surface area contributed by atoms with Crippen LogP contribution in [0.3, 0.4) is 0 Å². The first-order valence-corrected chi connectivity index (χ1v) is 7.72. The molecule has 1 saturated carbocycles. The van der Waals surface area contributed by atoms with Gasteiger partial charge in [0, 0.05) is 21.7 Å². The molecule has 5 nitrogen and oxygen atoms in total. The fraction of sp³-hybridized carbons (Fsp3) is 0.533. The van der Waals surface area contributed by atoms with Crippen molar-refractivity contribution in [3.05, 3.63) is 27.5 Å². The molecule has 1 fully saturated rings. The summed E-state index contributed by atoms with van der Waals surface area (Å²) in [4.78, 5) is 13.5. The number of hydrogen-bond donors (Lipinski definition) is 3. The Morgan fingerprint density at radius 1 is 1.43 bits per heavy atom. The van der Waals surface area contributed by atoms with Crippen LogP contribution in [0, 0.1) is 0 Å². The zero-order valence-electron chi connectivity index (χ0n) is 11.7. The van der Waals surface area contributed by atoms with E-state index in [9.17, 15) is 20.1 Å². The summed E-state index contributed by atoms with van der Waals surface area (Å²) >= 11 is 1.35. The monoisotopic (exact) mass is 310 g/mol. The Morgan fingerprint density at radius 2 is 2.10 bits per heavy atom. The molecule has 2 aliphatic rings. The van der Waals surface area contributed by atoms with E-state index in [1.807, 2.05) is 0 Å². The molecule has 3 rings (SSSR count). The molecule has 0 radical (unpaired) electrons. The third kappa shape index (κ3) is 2.05. The molecule has 21 heavy (non-hydrogen) atoms. The molecule has 0 spiro atoms. The normalized spacial score (nSPS) is 31.6. The van der Waals surface area contributed by atoms with Gasteiger partial charge in [0.1, 0.15) is 6.10 Å². The lowest BCUT2D eigenvalue weighted by molar-refractivity contribution is -0.172. The Balaban J connectivity index is 2.24. The van der Waals surface area contributed by atoms with Crippen molar-refractivity contribution in [2.45, 2.75) is 43.0 Å². The lowest BCUT2D eigenvalue weighted by Crippen LogP contribution is -2.45. The van der Waals surface area contributed by atoms with Gasteiger partial charge < -0.3 is 20.1 Å². The van der Waals surface area contributed by atoms with Crippen LogP contribution in [-0.2, 0) is 15.1 Å². The standard InChI is InChI=1S/C15H18O5S/c1-3-8-10-13(21-12(8)7-4-5-7)11(17)9(16)6-15(10,19)14(18)20-2/h3,7,9,11,16-17,19H,1,4-6H2,2H3/t9-,11+,15+/m1/s1. The van der Waals surface area contributed by atoms with E-state index in [1.165, 1.54) is 18.4 Å². The van der Waals surface area contributed by atoms with E-state index in [0.29, 0.717) is 21.9 Å².